The summed E-state index contributed by atoms with van der Waals surface area (Å²) in [5.74, 6) is 0. The molecule has 2 aromatic rings. The van der Waals surface area contributed by atoms with Gasteiger partial charge in [0.2, 0.25) is 0 Å². The molecule has 0 saturated carbocycles. The standard InChI is InChI=1S/C18H21Cl2N/c1-3-13-6-7-15(11-14(13)4-2)18(21)10-12-5-8-16(19)17(20)9-12/h5-9,11,18H,3-4,10,21H2,1-2H3. The summed E-state index contributed by atoms with van der Waals surface area (Å²) in [6.07, 6.45) is 2.85. The number of hydrogen-bond acceptors (Lipinski definition) is 1. The molecule has 3 heteroatoms. The van der Waals surface area contributed by atoms with Gasteiger partial charge in [-0.05, 0) is 53.6 Å². The van der Waals surface area contributed by atoms with Gasteiger partial charge in [0.05, 0.1) is 10.0 Å². The molecule has 1 atom stereocenters. The third-order valence-corrected chi connectivity index (χ3v) is 4.60. The van der Waals surface area contributed by atoms with Crippen molar-refractivity contribution in [3.05, 3.63) is 68.7 Å². The molecular weight excluding hydrogens is 301 g/mol. The first-order valence-electron chi connectivity index (χ1n) is 7.36. The van der Waals surface area contributed by atoms with Crippen LogP contribution in [-0.4, -0.2) is 0 Å². The molecule has 0 aromatic heterocycles. The van der Waals surface area contributed by atoms with Crippen molar-refractivity contribution in [1.82, 2.24) is 0 Å². The Bertz CT molecular complexity index is 623. The van der Waals surface area contributed by atoms with E-state index in [-0.39, 0.29) is 6.04 Å². The first-order chi connectivity index (χ1) is 10.0. The molecule has 0 radical (unpaired) electrons. The van der Waals surface area contributed by atoms with E-state index >= 15 is 0 Å². The predicted molar refractivity (Wildman–Crippen MR) is 92.3 cm³/mol. The highest BCUT2D eigenvalue weighted by molar-refractivity contribution is 6.42. The summed E-state index contributed by atoms with van der Waals surface area (Å²) >= 11 is 12.0. The summed E-state index contributed by atoms with van der Waals surface area (Å²) in [6.45, 7) is 4.37. The molecule has 2 N–H and O–H groups in total. The summed E-state index contributed by atoms with van der Waals surface area (Å²) in [6, 6.07) is 12.2. The fraction of sp³-hybridized carbons (Fsp3) is 0.333. The largest absolute Gasteiger partial charge is 0.324 e. The highest BCUT2D eigenvalue weighted by Crippen LogP contribution is 2.26. The minimum atomic E-state index is -0.0292. The van der Waals surface area contributed by atoms with E-state index < -0.39 is 0 Å². The van der Waals surface area contributed by atoms with Crippen LogP contribution in [0, 0.1) is 0 Å². The Morgan fingerprint density at radius 1 is 0.905 bits per heavy atom. The molecule has 0 bridgehead atoms. The molecule has 2 rings (SSSR count). The first kappa shape index (κ1) is 16.4. The summed E-state index contributed by atoms with van der Waals surface area (Å²) in [5, 5.41) is 1.16. The zero-order valence-corrected chi connectivity index (χ0v) is 14.0. The zero-order valence-electron chi connectivity index (χ0n) is 12.5. The van der Waals surface area contributed by atoms with Gasteiger partial charge in [0.25, 0.3) is 0 Å². The van der Waals surface area contributed by atoms with Crippen LogP contribution in [0.4, 0.5) is 0 Å². The lowest BCUT2D eigenvalue weighted by atomic mass is 9.94. The number of rotatable bonds is 5. The van der Waals surface area contributed by atoms with E-state index in [0.29, 0.717) is 10.0 Å². The van der Waals surface area contributed by atoms with Crippen molar-refractivity contribution in [1.29, 1.82) is 0 Å². The van der Waals surface area contributed by atoms with Gasteiger partial charge in [-0.25, -0.2) is 0 Å². The summed E-state index contributed by atoms with van der Waals surface area (Å²) in [5.41, 5.74) is 11.4. The van der Waals surface area contributed by atoms with Crippen molar-refractivity contribution in [2.45, 2.75) is 39.2 Å². The maximum atomic E-state index is 6.35. The normalized spacial score (nSPS) is 12.4. The van der Waals surface area contributed by atoms with Gasteiger partial charge in [-0.1, -0.05) is 61.3 Å². The van der Waals surface area contributed by atoms with E-state index in [0.717, 1.165) is 24.8 Å². The molecule has 0 spiro atoms. The average molecular weight is 322 g/mol. The highest BCUT2D eigenvalue weighted by atomic mass is 35.5. The van der Waals surface area contributed by atoms with Crippen molar-refractivity contribution >= 4 is 23.2 Å². The second-order valence-electron chi connectivity index (χ2n) is 5.29. The Balaban J connectivity index is 2.19. The number of aryl methyl sites for hydroxylation is 2. The van der Waals surface area contributed by atoms with Gasteiger partial charge in [0.15, 0.2) is 0 Å². The number of hydrogen-bond donors (Lipinski definition) is 1. The van der Waals surface area contributed by atoms with Gasteiger partial charge in [0, 0.05) is 6.04 Å². The van der Waals surface area contributed by atoms with Gasteiger partial charge in [0.1, 0.15) is 0 Å². The van der Waals surface area contributed by atoms with E-state index in [1.54, 1.807) is 0 Å². The average Bonchev–Trinajstić information content (AvgIpc) is 2.50. The van der Waals surface area contributed by atoms with Gasteiger partial charge >= 0.3 is 0 Å². The van der Waals surface area contributed by atoms with Gasteiger partial charge in [-0.2, -0.15) is 0 Å². The maximum absolute atomic E-state index is 6.35. The third kappa shape index (κ3) is 4.00. The number of nitrogens with two attached hydrogens (primary N) is 1. The predicted octanol–water partition coefficient (Wildman–Crippen LogP) is 5.36. The molecule has 1 nitrogen and oxygen atoms in total. The minimum absolute atomic E-state index is 0.0292. The molecule has 0 fully saturated rings. The molecular formula is C18H21Cl2N. The monoisotopic (exact) mass is 321 g/mol. The Labute approximate surface area is 137 Å². The molecule has 2 aromatic carbocycles. The van der Waals surface area contributed by atoms with Gasteiger partial charge in [-0.15, -0.1) is 0 Å². The van der Waals surface area contributed by atoms with Crippen LogP contribution >= 0.6 is 23.2 Å². The number of benzene rings is 2. The van der Waals surface area contributed by atoms with Crippen LogP contribution in [0.2, 0.25) is 10.0 Å². The van der Waals surface area contributed by atoms with Crippen LogP contribution in [0.5, 0.6) is 0 Å². The highest BCUT2D eigenvalue weighted by Gasteiger charge is 2.10. The quantitative estimate of drug-likeness (QED) is 0.788. The van der Waals surface area contributed by atoms with Crippen molar-refractivity contribution in [2.24, 2.45) is 5.73 Å². The summed E-state index contributed by atoms with van der Waals surface area (Å²) in [7, 11) is 0. The second-order valence-corrected chi connectivity index (χ2v) is 6.11. The second kappa shape index (κ2) is 7.31. The minimum Gasteiger partial charge on any atom is -0.324 e. The summed E-state index contributed by atoms with van der Waals surface area (Å²) < 4.78 is 0. The van der Waals surface area contributed by atoms with Crippen LogP contribution < -0.4 is 5.73 Å². The molecule has 0 amide bonds. The van der Waals surface area contributed by atoms with Crippen LogP contribution in [0.15, 0.2) is 36.4 Å². The van der Waals surface area contributed by atoms with E-state index in [1.165, 1.54) is 16.7 Å². The van der Waals surface area contributed by atoms with Crippen molar-refractivity contribution in [3.8, 4) is 0 Å². The van der Waals surface area contributed by atoms with Crippen LogP contribution in [-0.2, 0) is 19.3 Å². The zero-order chi connectivity index (χ0) is 15.4. The van der Waals surface area contributed by atoms with Gasteiger partial charge in [-0.3, -0.25) is 0 Å². The Morgan fingerprint density at radius 3 is 2.24 bits per heavy atom. The molecule has 112 valence electrons. The van der Waals surface area contributed by atoms with Crippen LogP contribution in [0.25, 0.3) is 0 Å². The Hall–Kier alpha value is -1.02. The van der Waals surface area contributed by atoms with E-state index in [1.807, 2.05) is 18.2 Å². The molecule has 0 heterocycles. The Kier molecular flexibility index (Phi) is 5.69. The molecule has 1 unspecified atom stereocenters. The summed E-state index contributed by atoms with van der Waals surface area (Å²) in [4.78, 5) is 0. The lowest BCUT2D eigenvalue weighted by molar-refractivity contribution is 0.719. The topological polar surface area (TPSA) is 26.0 Å². The lowest BCUT2D eigenvalue weighted by Gasteiger charge is -2.15. The molecule has 0 saturated heterocycles. The van der Waals surface area contributed by atoms with Crippen LogP contribution in [0.1, 0.15) is 42.1 Å². The van der Waals surface area contributed by atoms with Crippen molar-refractivity contribution in [3.63, 3.8) is 0 Å². The van der Waals surface area contributed by atoms with Crippen molar-refractivity contribution in [2.75, 3.05) is 0 Å². The molecule has 0 aliphatic rings. The lowest BCUT2D eigenvalue weighted by Crippen LogP contribution is -2.14. The number of halogens is 2. The van der Waals surface area contributed by atoms with Crippen molar-refractivity contribution < 1.29 is 0 Å². The molecule has 0 aliphatic heterocycles. The molecule has 21 heavy (non-hydrogen) atoms. The fourth-order valence-electron chi connectivity index (χ4n) is 2.59. The Morgan fingerprint density at radius 2 is 1.62 bits per heavy atom. The first-order valence-corrected chi connectivity index (χ1v) is 8.12. The van der Waals surface area contributed by atoms with Gasteiger partial charge < -0.3 is 5.73 Å². The maximum Gasteiger partial charge on any atom is 0.0595 e. The SMILES string of the molecule is CCc1ccc(C(N)Cc2ccc(Cl)c(Cl)c2)cc1CC. The third-order valence-electron chi connectivity index (χ3n) is 3.86. The fourth-order valence-corrected chi connectivity index (χ4v) is 2.91. The molecule has 0 aliphatic carbocycles. The van der Waals surface area contributed by atoms with E-state index in [4.69, 9.17) is 28.9 Å². The smallest absolute Gasteiger partial charge is 0.0595 e. The van der Waals surface area contributed by atoms with Crippen LogP contribution in [0.3, 0.4) is 0 Å². The van der Waals surface area contributed by atoms with E-state index in [9.17, 15) is 0 Å². The van der Waals surface area contributed by atoms with E-state index in [2.05, 4.69) is 32.0 Å².